The van der Waals surface area contributed by atoms with Gasteiger partial charge in [-0.05, 0) is 35.9 Å². The van der Waals surface area contributed by atoms with Gasteiger partial charge in [0.25, 0.3) is 5.91 Å². The molecule has 1 heterocycles. The fraction of sp³-hybridized carbons (Fsp3) is 0.0526. The third kappa shape index (κ3) is 4.10. The Morgan fingerprint density at radius 1 is 0.958 bits per heavy atom. The summed E-state index contributed by atoms with van der Waals surface area (Å²) in [5.41, 5.74) is 1.49. The minimum atomic E-state index is -0.494. The van der Waals surface area contributed by atoms with Crippen molar-refractivity contribution in [1.29, 1.82) is 0 Å². The number of nitrogens with one attached hydrogen (secondary N) is 1. The predicted octanol–water partition coefficient (Wildman–Crippen LogP) is 3.47. The summed E-state index contributed by atoms with van der Waals surface area (Å²) in [7, 11) is 0. The topological polar surface area (TPSA) is 68.5 Å². The molecule has 0 aliphatic heterocycles. The molecule has 0 atom stereocenters. The van der Waals surface area contributed by atoms with Crippen molar-refractivity contribution in [2.45, 2.75) is 6.61 Å². The van der Waals surface area contributed by atoms with Crippen molar-refractivity contribution in [3.63, 3.8) is 0 Å². The van der Waals surface area contributed by atoms with E-state index in [1.54, 1.807) is 24.3 Å². The van der Waals surface area contributed by atoms with E-state index in [-0.39, 0.29) is 11.5 Å². The molecule has 2 aromatic carbocycles. The van der Waals surface area contributed by atoms with E-state index in [1.807, 2.05) is 30.3 Å². The van der Waals surface area contributed by atoms with E-state index in [0.717, 1.165) is 11.8 Å². The maximum atomic E-state index is 12.0. The number of amides is 1. The van der Waals surface area contributed by atoms with E-state index < -0.39 is 5.63 Å². The fourth-order valence-corrected chi connectivity index (χ4v) is 2.07. The van der Waals surface area contributed by atoms with Crippen LogP contribution in [0, 0.1) is 0 Å². The van der Waals surface area contributed by atoms with Gasteiger partial charge < -0.3 is 14.5 Å². The van der Waals surface area contributed by atoms with Crippen LogP contribution in [0.5, 0.6) is 5.75 Å². The van der Waals surface area contributed by atoms with Crippen molar-refractivity contribution >= 4 is 11.6 Å². The Bertz CT molecular complexity index is 849. The number of ether oxygens (including phenoxy) is 1. The van der Waals surface area contributed by atoms with Gasteiger partial charge in [-0.15, -0.1) is 0 Å². The summed E-state index contributed by atoms with van der Waals surface area (Å²) in [5.74, 6) is 0.360. The molecule has 3 aromatic rings. The number of hydrogen-bond donors (Lipinski definition) is 1. The van der Waals surface area contributed by atoms with Gasteiger partial charge in [0.1, 0.15) is 18.6 Å². The lowest BCUT2D eigenvalue weighted by atomic mass is 10.2. The molecule has 5 heteroatoms. The van der Waals surface area contributed by atoms with Crippen LogP contribution in [0.1, 0.15) is 15.9 Å². The fourth-order valence-electron chi connectivity index (χ4n) is 2.07. The van der Waals surface area contributed by atoms with Crippen LogP contribution < -0.4 is 15.7 Å². The van der Waals surface area contributed by atoms with E-state index in [1.165, 1.54) is 12.1 Å². The van der Waals surface area contributed by atoms with Gasteiger partial charge in [-0.2, -0.15) is 0 Å². The quantitative estimate of drug-likeness (QED) is 0.781. The van der Waals surface area contributed by atoms with Gasteiger partial charge >= 0.3 is 5.63 Å². The second kappa shape index (κ2) is 7.28. The van der Waals surface area contributed by atoms with Crippen LogP contribution in [0.4, 0.5) is 5.69 Å². The third-order valence-corrected chi connectivity index (χ3v) is 3.32. The van der Waals surface area contributed by atoms with Crippen LogP contribution in [0.3, 0.4) is 0 Å². The molecule has 0 bridgehead atoms. The van der Waals surface area contributed by atoms with E-state index in [0.29, 0.717) is 18.0 Å². The number of anilines is 1. The van der Waals surface area contributed by atoms with Gasteiger partial charge in [-0.3, -0.25) is 4.79 Å². The molecule has 0 fully saturated rings. The maximum absolute atomic E-state index is 12.0. The third-order valence-electron chi connectivity index (χ3n) is 3.32. The molecular formula is C19H15NO4. The highest BCUT2D eigenvalue weighted by Crippen LogP contribution is 2.17. The van der Waals surface area contributed by atoms with Crippen molar-refractivity contribution in [2.24, 2.45) is 0 Å². The van der Waals surface area contributed by atoms with Crippen LogP contribution in [0.25, 0.3) is 0 Å². The predicted molar refractivity (Wildman–Crippen MR) is 90.1 cm³/mol. The molecule has 5 nitrogen and oxygen atoms in total. The van der Waals surface area contributed by atoms with Crippen LogP contribution in [-0.2, 0) is 6.61 Å². The molecule has 3 rings (SSSR count). The summed E-state index contributed by atoms with van der Waals surface area (Å²) in [5, 5.41) is 2.72. The molecule has 0 aliphatic rings. The standard InChI is InChI=1S/C19H15NO4/c21-18-11-6-15(13-24-18)19(22)20-16-7-9-17(10-8-16)23-12-14-4-2-1-3-5-14/h1-11,13H,12H2,(H,20,22). The highest BCUT2D eigenvalue weighted by atomic mass is 16.5. The Morgan fingerprint density at radius 3 is 2.38 bits per heavy atom. The van der Waals surface area contributed by atoms with Gasteiger partial charge in [0.15, 0.2) is 0 Å². The van der Waals surface area contributed by atoms with Crippen molar-refractivity contribution in [3.8, 4) is 5.75 Å². The highest BCUT2D eigenvalue weighted by Gasteiger charge is 2.07. The number of benzene rings is 2. The molecular weight excluding hydrogens is 306 g/mol. The zero-order valence-corrected chi connectivity index (χ0v) is 12.8. The second-order valence-electron chi connectivity index (χ2n) is 5.10. The van der Waals surface area contributed by atoms with E-state index in [4.69, 9.17) is 4.74 Å². The zero-order chi connectivity index (χ0) is 16.8. The first-order valence-corrected chi connectivity index (χ1v) is 7.38. The lowest BCUT2D eigenvalue weighted by Gasteiger charge is -2.08. The number of carbonyl (C=O) groups excluding carboxylic acids is 1. The molecule has 24 heavy (non-hydrogen) atoms. The van der Waals surface area contributed by atoms with Crippen LogP contribution in [0.2, 0.25) is 0 Å². The first kappa shape index (κ1) is 15.6. The molecule has 120 valence electrons. The van der Waals surface area contributed by atoms with Gasteiger partial charge in [0, 0.05) is 11.8 Å². The molecule has 1 amide bonds. The van der Waals surface area contributed by atoms with Gasteiger partial charge in [0.2, 0.25) is 0 Å². The first-order chi connectivity index (χ1) is 11.7. The Kier molecular flexibility index (Phi) is 4.72. The monoisotopic (exact) mass is 321 g/mol. The maximum Gasteiger partial charge on any atom is 0.335 e. The van der Waals surface area contributed by atoms with E-state index >= 15 is 0 Å². The van der Waals surface area contributed by atoms with E-state index in [9.17, 15) is 9.59 Å². The molecule has 0 saturated carbocycles. The lowest BCUT2D eigenvalue weighted by Crippen LogP contribution is -2.12. The number of rotatable bonds is 5. The summed E-state index contributed by atoms with van der Waals surface area (Å²) in [6.45, 7) is 0.482. The minimum Gasteiger partial charge on any atom is -0.489 e. The summed E-state index contributed by atoms with van der Waals surface area (Å²) in [6.07, 6.45) is 1.13. The molecule has 1 aromatic heterocycles. The van der Waals surface area contributed by atoms with Crippen LogP contribution in [0.15, 0.2) is 82.2 Å². The average molecular weight is 321 g/mol. The largest absolute Gasteiger partial charge is 0.489 e. The Morgan fingerprint density at radius 2 is 1.71 bits per heavy atom. The normalized spacial score (nSPS) is 10.2. The molecule has 0 unspecified atom stereocenters. The second-order valence-corrected chi connectivity index (χ2v) is 5.10. The summed E-state index contributed by atoms with van der Waals surface area (Å²) in [6, 6.07) is 19.5. The number of carbonyl (C=O) groups is 1. The van der Waals surface area contributed by atoms with Gasteiger partial charge in [-0.25, -0.2) is 4.79 Å². The van der Waals surface area contributed by atoms with E-state index in [2.05, 4.69) is 9.73 Å². The van der Waals surface area contributed by atoms with Crippen molar-refractivity contribution < 1.29 is 13.9 Å². The highest BCUT2D eigenvalue weighted by molar-refractivity contribution is 6.03. The zero-order valence-electron chi connectivity index (χ0n) is 12.8. The Labute approximate surface area is 138 Å². The average Bonchev–Trinajstić information content (AvgIpc) is 2.62. The summed E-state index contributed by atoms with van der Waals surface area (Å²) >= 11 is 0. The van der Waals surface area contributed by atoms with Crippen molar-refractivity contribution in [1.82, 2.24) is 0 Å². The molecule has 1 N–H and O–H groups in total. The lowest BCUT2D eigenvalue weighted by molar-refractivity contribution is 0.102. The Balaban J connectivity index is 1.59. The van der Waals surface area contributed by atoms with Crippen molar-refractivity contribution in [2.75, 3.05) is 5.32 Å². The van der Waals surface area contributed by atoms with Gasteiger partial charge in [-0.1, -0.05) is 30.3 Å². The number of hydrogen-bond acceptors (Lipinski definition) is 4. The first-order valence-electron chi connectivity index (χ1n) is 7.38. The summed E-state index contributed by atoms with van der Waals surface area (Å²) < 4.78 is 10.4. The Hall–Kier alpha value is -3.34. The SMILES string of the molecule is O=C(Nc1ccc(OCc2ccccc2)cc1)c1ccc(=O)oc1. The molecule has 0 radical (unpaired) electrons. The molecule has 0 spiro atoms. The van der Waals surface area contributed by atoms with Gasteiger partial charge in [0.05, 0.1) is 5.56 Å². The summed E-state index contributed by atoms with van der Waals surface area (Å²) in [4.78, 5) is 22.9. The molecule has 0 saturated heterocycles. The smallest absolute Gasteiger partial charge is 0.335 e. The minimum absolute atomic E-state index is 0.277. The van der Waals surface area contributed by atoms with Crippen molar-refractivity contribution in [3.05, 3.63) is 94.5 Å². The molecule has 0 aliphatic carbocycles. The van der Waals surface area contributed by atoms with Crippen LogP contribution >= 0.6 is 0 Å². The van der Waals surface area contributed by atoms with Crippen LogP contribution in [-0.4, -0.2) is 5.91 Å².